The average Bonchev–Trinajstić information content (AvgIpc) is 2.17. The van der Waals surface area contributed by atoms with Crippen molar-refractivity contribution in [2.75, 3.05) is 20.1 Å². The second-order valence-corrected chi connectivity index (χ2v) is 5.64. The molecule has 0 aromatic heterocycles. The summed E-state index contributed by atoms with van der Waals surface area (Å²) in [6.07, 6.45) is 1.06. The summed E-state index contributed by atoms with van der Waals surface area (Å²) in [5.74, 6) is 0. The molecule has 0 spiro atoms. The van der Waals surface area contributed by atoms with Gasteiger partial charge in [0, 0.05) is 16.6 Å². The molecule has 1 aromatic carbocycles. The van der Waals surface area contributed by atoms with Crippen LogP contribution >= 0.6 is 15.9 Å². The fourth-order valence-electron chi connectivity index (χ4n) is 1.74. The molecule has 3 heteroatoms. The molecule has 0 aliphatic rings. The van der Waals surface area contributed by atoms with Gasteiger partial charge in [0.2, 0.25) is 0 Å². The van der Waals surface area contributed by atoms with E-state index in [0.29, 0.717) is 0 Å². The lowest BCUT2D eigenvalue weighted by molar-refractivity contribution is 0.379. The standard InChI is InChI=1S/C13H21BrN2/c1-13(2,10-15-3)16-8-7-11-5-4-6-12(14)9-11/h4-6,9,15-16H,7-8,10H2,1-3H3. The molecular weight excluding hydrogens is 264 g/mol. The van der Waals surface area contributed by atoms with E-state index in [-0.39, 0.29) is 5.54 Å². The van der Waals surface area contributed by atoms with Crippen molar-refractivity contribution in [1.82, 2.24) is 10.6 Å². The third-order valence-electron chi connectivity index (χ3n) is 2.52. The highest BCUT2D eigenvalue weighted by atomic mass is 79.9. The van der Waals surface area contributed by atoms with E-state index in [0.717, 1.165) is 24.0 Å². The number of hydrogen-bond acceptors (Lipinski definition) is 2. The maximum Gasteiger partial charge on any atom is 0.0249 e. The Balaban J connectivity index is 2.35. The third-order valence-corrected chi connectivity index (χ3v) is 3.02. The Morgan fingerprint density at radius 2 is 2.06 bits per heavy atom. The van der Waals surface area contributed by atoms with Crippen LogP contribution in [-0.2, 0) is 6.42 Å². The van der Waals surface area contributed by atoms with Crippen molar-refractivity contribution in [2.45, 2.75) is 25.8 Å². The average molecular weight is 285 g/mol. The third kappa shape index (κ3) is 5.10. The monoisotopic (exact) mass is 284 g/mol. The predicted molar refractivity (Wildman–Crippen MR) is 73.9 cm³/mol. The molecule has 0 bridgehead atoms. The van der Waals surface area contributed by atoms with E-state index in [1.54, 1.807) is 0 Å². The molecule has 90 valence electrons. The van der Waals surface area contributed by atoms with Gasteiger partial charge in [-0.25, -0.2) is 0 Å². The first-order chi connectivity index (χ1) is 7.53. The topological polar surface area (TPSA) is 24.1 Å². The fourth-order valence-corrected chi connectivity index (χ4v) is 2.19. The summed E-state index contributed by atoms with van der Waals surface area (Å²) in [6, 6.07) is 8.48. The summed E-state index contributed by atoms with van der Waals surface area (Å²) in [6.45, 7) is 6.41. The SMILES string of the molecule is CNCC(C)(C)NCCc1cccc(Br)c1. The molecule has 0 fully saturated rings. The number of halogens is 1. The molecule has 0 radical (unpaired) electrons. The number of benzene rings is 1. The Morgan fingerprint density at radius 3 is 2.69 bits per heavy atom. The van der Waals surface area contributed by atoms with Crippen LogP contribution in [0.4, 0.5) is 0 Å². The van der Waals surface area contributed by atoms with Gasteiger partial charge in [-0.15, -0.1) is 0 Å². The molecule has 2 N–H and O–H groups in total. The van der Waals surface area contributed by atoms with E-state index < -0.39 is 0 Å². The Bertz CT molecular complexity index is 323. The van der Waals surface area contributed by atoms with Crippen LogP contribution in [0.1, 0.15) is 19.4 Å². The molecule has 0 amide bonds. The van der Waals surface area contributed by atoms with Gasteiger partial charge in [-0.2, -0.15) is 0 Å². The zero-order chi connectivity index (χ0) is 12.0. The number of nitrogens with one attached hydrogen (secondary N) is 2. The highest BCUT2D eigenvalue weighted by Crippen LogP contribution is 2.12. The summed E-state index contributed by atoms with van der Waals surface area (Å²) >= 11 is 3.49. The minimum atomic E-state index is 0.154. The Labute approximate surface area is 107 Å². The van der Waals surface area contributed by atoms with E-state index >= 15 is 0 Å². The molecule has 2 nitrogen and oxygen atoms in total. The van der Waals surface area contributed by atoms with Crippen molar-refractivity contribution in [1.29, 1.82) is 0 Å². The van der Waals surface area contributed by atoms with Crippen molar-refractivity contribution >= 4 is 15.9 Å². The molecule has 0 unspecified atom stereocenters. The zero-order valence-electron chi connectivity index (χ0n) is 10.3. The molecule has 0 saturated heterocycles. The Hall–Kier alpha value is -0.380. The Kier molecular flexibility index (Phi) is 5.46. The van der Waals surface area contributed by atoms with Crippen LogP contribution < -0.4 is 10.6 Å². The molecule has 0 atom stereocenters. The summed E-state index contributed by atoms with van der Waals surface area (Å²) in [7, 11) is 1.98. The predicted octanol–water partition coefficient (Wildman–Crippen LogP) is 2.58. The zero-order valence-corrected chi connectivity index (χ0v) is 11.9. The van der Waals surface area contributed by atoms with Gasteiger partial charge in [-0.1, -0.05) is 28.1 Å². The van der Waals surface area contributed by atoms with Crippen molar-refractivity contribution in [2.24, 2.45) is 0 Å². The van der Waals surface area contributed by atoms with Crippen molar-refractivity contribution in [3.05, 3.63) is 34.3 Å². The molecule has 0 saturated carbocycles. The molecule has 1 rings (SSSR count). The minimum Gasteiger partial charge on any atom is -0.318 e. The lowest BCUT2D eigenvalue weighted by atomic mass is 10.1. The van der Waals surface area contributed by atoms with Gasteiger partial charge in [0.1, 0.15) is 0 Å². The van der Waals surface area contributed by atoms with Crippen LogP contribution in [0.5, 0.6) is 0 Å². The van der Waals surface area contributed by atoms with Gasteiger partial charge in [0.15, 0.2) is 0 Å². The fraction of sp³-hybridized carbons (Fsp3) is 0.538. The molecule has 0 heterocycles. The summed E-state index contributed by atoms with van der Waals surface area (Å²) in [5, 5.41) is 6.75. The van der Waals surface area contributed by atoms with Crippen molar-refractivity contribution in [3.63, 3.8) is 0 Å². The van der Waals surface area contributed by atoms with Crippen LogP contribution in [0.25, 0.3) is 0 Å². The molecule has 0 aliphatic heterocycles. The maximum atomic E-state index is 3.55. The first-order valence-electron chi connectivity index (χ1n) is 5.67. The molecule has 0 aliphatic carbocycles. The molecular formula is C13H21BrN2. The first-order valence-corrected chi connectivity index (χ1v) is 6.47. The summed E-state index contributed by atoms with van der Waals surface area (Å²) in [5.41, 5.74) is 1.52. The normalized spacial score (nSPS) is 11.8. The minimum absolute atomic E-state index is 0.154. The van der Waals surface area contributed by atoms with E-state index in [1.807, 2.05) is 7.05 Å². The highest BCUT2D eigenvalue weighted by molar-refractivity contribution is 9.10. The lowest BCUT2D eigenvalue weighted by Gasteiger charge is -2.26. The van der Waals surface area contributed by atoms with Gasteiger partial charge in [-0.05, 0) is 51.6 Å². The number of rotatable bonds is 6. The van der Waals surface area contributed by atoms with Crippen LogP contribution in [0.3, 0.4) is 0 Å². The van der Waals surface area contributed by atoms with Crippen LogP contribution in [0, 0.1) is 0 Å². The first kappa shape index (κ1) is 13.7. The Morgan fingerprint density at radius 1 is 1.31 bits per heavy atom. The van der Waals surface area contributed by atoms with E-state index in [9.17, 15) is 0 Å². The van der Waals surface area contributed by atoms with E-state index in [4.69, 9.17) is 0 Å². The molecule has 16 heavy (non-hydrogen) atoms. The van der Waals surface area contributed by atoms with Gasteiger partial charge in [0.05, 0.1) is 0 Å². The van der Waals surface area contributed by atoms with Crippen LogP contribution in [0.15, 0.2) is 28.7 Å². The van der Waals surface area contributed by atoms with Gasteiger partial charge in [0.25, 0.3) is 0 Å². The highest BCUT2D eigenvalue weighted by Gasteiger charge is 2.14. The van der Waals surface area contributed by atoms with Gasteiger partial charge < -0.3 is 10.6 Å². The number of hydrogen-bond donors (Lipinski definition) is 2. The summed E-state index contributed by atoms with van der Waals surface area (Å²) < 4.78 is 1.15. The number of likely N-dealkylation sites (N-methyl/N-ethyl adjacent to an activating group) is 1. The van der Waals surface area contributed by atoms with Crippen LogP contribution in [-0.4, -0.2) is 25.7 Å². The summed E-state index contributed by atoms with van der Waals surface area (Å²) in [4.78, 5) is 0. The second-order valence-electron chi connectivity index (χ2n) is 4.72. The van der Waals surface area contributed by atoms with Gasteiger partial charge in [-0.3, -0.25) is 0 Å². The van der Waals surface area contributed by atoms with Crippen LogP contribution in [0.2, 0.25) is 0 Å². The van der Waals surface area contributed by atoms with Gasteiger partial charge >= 0.3 is 0 Å². The molecule has 1 aromatic rings. The maximum absolute atomic E-state index is 3.55. The second kappa shape index (κ2) is 6.38. The smallest absolute Gasteiger partial charge is 0.0249 e. The van der Waals surface area contributed by atoms with Crippen molar-refractivity contribution in [3.8, 4) is 0 Å². The van der Waals surface area contributed by atoms with E-state index in [2.05, 4.69) is 64.7 Å². The largest absolute Gasteiger partial charge is 0.318 e. The quantitative estimate of drug-likeness (QED) is 0.839. The van der Waals surface area contributed by atoms with E-state index in [1.165, 1.54) is 5.56 Å². The lowest BCUT2D eigenvalue weighted by Crippen LogP contribution is -2.47. The van der Waals surface area contributed by atoms with Crippen molar-refractivity contribution < 1.29 is 0 Å².